The highest BCUT2D eigenvalue weighted by atomic mass is 35.5. The van der Waals surface area contributed by atoms with Crippen LogP contribution in [-0.2, 0) is 10.9 Å². The van der Waals surface area contributed by atoms with Crippen LogP contribution in [0.2, 0.25) is 0 Å². The van der Waals surface area contributed by atoms with Crippen molar-refractivity contribution in [2.75, 3.05) is 31.6 Å². The highest BCUT2D eigenvalue weighted by molar-refractivity contribution is 5.97. The van der Waals surface area contributed by atoms with Gasteiger partial charge in [0, 0.05) is 30.5 Å². The molecule has 0 unspecified atom stereocenters. The molecule has 0 atom stereocenters. The molecule has 1 saturated carbocycles. The largest absolute Gasteiger partial charge is 0.416 e. The molecule has 32 heavy (non-hydrogen) atoms. The lowest BCUT2D eigenvalue weighted by Crippen LogP contribution is -2.41. The zero-order valence-corrected chi connectivity index (χ0v) is 18.3. The summed E-state index contributed by atoms with van der Waals surface area (Å²) >= 11 is 0. The molecule has 1 aliphatic heterocycles. The van der Waals surface area contributed by atoms with Crippen LogP contribution in [0.4, 0.5) is 24.7 Å². The summed E-state index contributed by atoms with van der Waals surface area (Å²) in [6.45, 7) is 2.18. The van der Waals surface area contributed by atoms with Crippen molar-refractivity contribution in [1.29, 1.82) is 0 Å². The van der Waals surface area contributed by atoms with Gasteiger partial charge in [0.15, 0.2) is 0 Å². The molecule has 0 spiro atoms. The number of fused-ring (bicyclic) bond motifs is 2. The van der Waals surface area contributed by atoms with E-state index in [1.54, 1.807) is 12.3 Å². The zero-order chi connectivity index (χ0) is 21.6. The van der Waals surface area contributed by atoms with Gasteiger partial charge >= 0.3 is 6.18 Å². The first kappa shape index (κ1) is 22.9. The van der Waals surface area contributed by atoms with Gasteiger partial charge in [0.05, 0.1) is 24.3 Å². The van der Waals surface area contributed by atoms with Crippen molar-refractivity contribution < 1.29 is 22.7 Å². The Morgan fingerprint density at radius 2 is 1.72 bits per heavy atom. The number of hydrogen-bond acceptors (Lipinski definition) is 4. The maximum absolute atomic E-state index is 13.3. The number of ether oxygens (including phenoxy) is 1. The Balaban J connectivity index is 0.00000245. The monoisotopic (exact) mass is 467 g/mol. The lowest BCUT2D eigenvalue weighted by atomic mass is 9.66. The van der Waals surface area contributed by atoms with Crippen LogP contribution in [0.5, 0.6) is 0 Å². The van der Waals surface area contributed by atoms with Gasteiger partial charge in [0.25, 0.3) is 5.91 Å². The average molecular weight is 468 g/mol. The molecule has 4 aliphatic rings. The summed E-state index contributed by atoms with van der Waals surface area (Å²) in [5.41, 5.74) is 2.34. The molecule has 9 heteroatoms. The van der Waals surface area contributed by atoms with E-state index in [0.717, 1.165) is 48.9 Å². The predicted molar refractivity (Wildman–Crippen MR) is 117 cm³/mol. The number of morpholine rings is 1. The van der Waals surface area contributed by atoms with Crippen molar-refractivity contribution in [2.45, 2.75) is 43.7 Å². The Bertz CT molecular complexity index is 1000. The third kappa shape index (κ3) is 4.18. The van der Waals surface area contributed by atoms with Gasteiger partial charge in [0.1, 0.15) is 5.82 Å². The molecular weight excluding hydrogens is 443 g/mol. The molecule has 1 aromatic carbocycles. The van der Waals surface area contributed by atoms with Crippen LogP contribution in [-0.4, -0.2) is 42.1 Å². The van der Waals surface area contributed by atoms with E-state index < -0.39 is 11.7 Å². The SMILES string of the molecule is Cl.O=C(c1cnc(Nc2cccc(C(F)(F)F)c2)c2c1C1CCC2CC1)N1CCOCC1. The van der Waals surface area contributed by atoms with Gasteiger partial charge in [-0.15, -0.1) is 12.4 Å². The number of anilines is 2. The number of pyridine rings is 1. The molecule has 2 fully saturated rings. The standard InChI is InChI=1S/C23H24F3N3O2.ClH/c24-23(25,26)16-2-1-3-17(12-16)28-21-20-15-6-4-14(5-7-15)19(20)18(13-27-21)22(30)29-8-10-31-11-9-29;/h1-3,12-15H,4-11H2,(H,27,28);1H. The van der Waals surface area contributed by atoms with Crippen LogP contribution in [0.1, 0.15) is 64.6 Å². The molecule has 1 saturated heterocycles. The number of aromatic nitrogens is 1. The Kier molecular flexibility index (Phi) is 6.36. The summed E-state index contributed by atoms with van der Waals surface area (Å²) in [5, 5.41) is 3.12. The van der Waals surface area contributed by atoms with Crippen LogP contribution >= 0.6 is 12.4 Å². The second-order valence-electron chi connectivity index (χ2n) is 8.50. The number of carbonyl (C=O) groups is 1. The zero-order valence-electron chi connectivity index (χ0n) is 17.5. The van der Waals surface area contributed by atoms with E-state index in [2.05, 4.69) is 10.3 Å². The average Bonchev–Trinajstić information content (AvgIpc) is 2.80. The van der Waals surface area contributed by atoms with Crippen LogP contribution in [0.15, 0.2) is 30.5 Å². The molecule has 1 N–H and O–H groups in total. The van der Waals surface area contributed by atoms with E-state index >= 15 is 0 Å². The Morgan fingerprint density at radius 3 is 2.38 bits per heavy atom. The Morgan fingerprint density at radius 1 is 1.06 bits per heavy atom. The Labute approximate surface area is 190 Å². The highest BCUT2D eigenvalue weighted by Crippen LogP contribution is 2.52. The van der Waals surface area contributed by atoms with Crippen molar-refractivity contribution in [3.05, 3.63) is 52.7 Å². The fraction of sp³-hybridized carbons (Fsp3) is 0.478. The van der Waals surface area contributed by atoms with Crippen LogP contribution < -0.4 is 5.32 Å². The number of alkyl halides is 3. The molecule has 2 bridgehead atoms. The number of rotatable bonds is 3. The minimum absolute atomic E-state index is 0. The van der Waals surface area contributed by atoms with E-state index in [9.17, 15) is 18.0 Å². The fourth-order valence-electron chi connectivity index (χ4n) is 5.18. The molecule has 0 radical (unpaired) electrons. The van der Waals surface area contributed by atoms with Crippen molar-refractivity contribution >= 4 is 29.8 Å². The van der Waals surface area contributed by atoms with Crippen LogP contribution in [0, 0.1) is 0 Å². The molecule has 2 aromatic rings. The molecule has 6 rings (SSSR count). The quantitative estimate of drug-likeness (QED) is 0.648. The summed E-state index contributed by atoms with van der Waals surface area (Å²) in [4.78, 5) is 19.6. The number of nitrogens with zero attached hydrogens (tertiary/aromatic N) is 2. The maximum Gasteiger partial charge on any atom is 0.416 e. The molecule has 2 heterocycles. The van der Waals surface area contributed by atoms with Gasteiger partial charge in [-0.2, -0.15) is 13.2 Å². The van der Waals surface area contributed by atoms with Crippen LogP contribution in [0.3, 0.4) is 0 Å². The van der Waals surface area contributed by atoms with Gasteiger partial charge in [-0.1, -0.05) is 6.07 Å². The van der Waals surface area contributed by atoms with E-state index in [-0.39, 0.29) is 24.2 Å². The van der Waals surface area contributed by atoms with Crippen LogP contribution in [0.25, 0.3) is 0 Å². The van der Waals surface area contributed by atoms with Gasteiger partial charge < -0.3 is 15.0 Å². The molecule has 3 aliphatic carbocycles. The maximum atomic E-state index is 13.3. The van der Waals surface area contributed by atoms with Gasteiger partial charge in [-0.3, -0.25) is 4.79 Å². The van der Waals surface area contributed by atoms with Crippen molar-refractivity contribution in [1.82, 2.24) is 9.88 Å². The number of carbonyl (C=O) groups excluding carboxylic acids is 1. The molecule has 5 nitrogen and oxygen atoms in total. The van der Waals surface area contributed by atoms with Crippen molar-refractivity contribution in [3.63, 3.8) is 0 Å². The smallest absolute Gasteiger partial charge is 0.378 e. The first-order chi connectivity index (χ1) is 14.9. The third-order valence-corrected chi connectivity index (χ3v) is 6.68. The number of benzene rings is 1. The molecule has 172 valence electrons. The third-order valence-electron chi connectivity index (χ3n) is 6.68. The van der Waals surface area contributed by atoms with Gasteiger partial charge in [0.2, 0.25) is 0 Å². The molecule has 1 amide bonds. The van der Waals surface area contributed by atoms with Crippen molar-refractivity contribution in [3.8, 4) is 0 Å². The highest BCUT2D eigenvalue weighted by Gasteiger charge is 2.39. The first-order valence-electron chi connectivity index (χ1n) is 10.8. The second-order valence-corrected chi connectivity index (χ2v) is 8.50. The Hall–Kier alpha value is -2.32. The van der Waals surface area contributed by atoms with Gasteiger partial charge in [-0.25, -0.2) is 4.98 Å². The van der Waals surface area contributed by atoms with E-state index in [1.807, 2.05) is 4.90 Å². The number of halogens is 4. The molecule has 1 aromatic heterocycles. The minimum Gasteiger partial charge on any atom is -0.378 e. The minimum atomic E-state index is -4.40. The summed E-state index contributed by atoms with van der Waals surface area (Å²) in [6.07, 6.45) is 1.31. The lowest BCUT2D eigenvalue weighted by molar-refractivity contribution is -0.137. The van der Waals surface area contributed by atoms with Gasteiger partial charge in [-0.05, 0) is 61.3 Å². The number of hydrogen-bond donors (Lipinski definition) is 1. The van der Waals surface area contributed by atoms with E-state index in [4.69, 9.17) is 4.74 Å². The number of nitrogens with one attached hydrogen (secondary N) is 1. The number of amides is 1. The summed E-state index contributed by atoms with van der Waals surface area (Å²) in [5.74, 6) is 1.12. The summed E-state index contributed by atoms with van der Waals surface area (Å²) in [7, 11) is 0. The second kappa shape index (κ2) is 8.90. The fourth-order valence-corrected chi connectivity index (χ4v) is 5.18. The van der Waals surface area contributed by atoms with E-state index in [0.29, 0.717) is 49.3 Å². The summed E-state index contributed by atoms with van der Waals surface area (Å²) in [6, 6.07) is 5.15. The van der Waals surface area contributed by atoms with Crippen molar-refractivity contribution in [2.24, 2.45) is 0 Å². The lowest BCUT2D eigenvalue weighted by Gasteiger charge is -2.40. The molecular formula is C23H25ClF3N3O2. The van der Waals surface area contributed by atoms with E-state index in [1.165, 1.54) is 6.07 Å². The first-order valence-corrected chi connectivity index (χ1v) is 10.8. The predicted octanol–water partition coefficient (Wildman–Crippen LogP) is 5.49. The summed E-state index contributed by atoms with van der Waals surface area (Å²) < 4.78 is 44.7. The topological polar surface area (TPSA) is 54.5 Å². The normalized spacial score (nSPS) is 22.2.